The van der Waals surface area contributed by atoms with E-state index in [4.69, 9.17) is 22.3 Å². The summed E-state index contributed by atoms with van der Waals surface area (Å²) in [7, 11) is 0. The predicted octanol–water partition coefficient (Wildman–Crippen LogP) is 5.66. The van der Waals surface area contributed by atoms with Crippen LogP contribution in [0.3, 0.4) is 0 Å². The molecule has 5 heteroatoms. The van der Waals surface area contributed by atoms with Gasteiger partial charge in [-0.25, -0.2) is 4.98 Å². The van der Waals surface area contributed by atoms with Gasteiger partial charge in [-0.1, -0.05) is 29.8 Å². The molecule has 2 aromatic heterocycles. The summed E-state index contributed by atoms with van der Waals surface area (Å²) in [5.41, 5.74) is 13.9. The third-order valence-corrected chi connectivity index (χ3v) is 4.99. The van der Waals surface area contributed by atoms with E-state index in [0.717, 1.165) is 50.7 Å². The van der Waals surface area contributed by atoms with Gasteiger partial charge in [0.1, 0.15) is 5.82 Å². The fourth-order valence-electron chi connectivity index (χ4n) is 3.26. The molecule has 0 fully saturated rings. The van der Waals surface area contributed by atoms with Crippen LogP contribution in [-0.4, -0.2) is 15.0 Å². The Morgan fingerprint density at radius 3 is 2.30 bits per heavy atom. The Kier molecular flexibility index (Phi) is 4.42. The number of hydrogen-bond acceptors (Lipinski definition) is 3. The molecule has 0 bridgehead atoms. The summed E-state index contributed by atoms with van der Waals surface area (Å²) in [4.78, 5) is 12.6. The topological polar surface area (TPSA) is 67.6 Å². The maximum absolute atomic E-state index is 6.15. The largest absolute Gasteiger partial charge is 0.398 e. The zero-order valence-electron chi connectivity index (χ0n) is 15.1. The van der Waals surface area contributed by atoms with Gasteiger partial charge in [0.15, 0.2) is 0 Å². The Balaban J connectivity index is 1.96. The number of hydrogen-bond donors (Lipinski definition) is 2. The molecule has 0 spiro atoms. The van der Waals surface area contributed by atoms with Crippen LogP contribution in [0.15, 0.2) is 60.9 Å². The van der Waals surface area contributed by atoms with Crippen molar-refractivity contribution in [2.45, 2.75) is 13.8 Å². The number of aromatic amines is 1. The lowest BCUT2D eigenvalue weighted by atomic mass is 10.0. The van der Waals surface area contributed by atoms with Crippen molar-refractivity contribution in [1.29, 1.82) is 0 Å². The molecule has 134 valence electrons. The second-order valence-electron chi connectivity index (χ2n) is 6.52. The van der Waals surface area contributed by atoms with Gasteiger partial charge in [-0.05, 0) is 55.3 Å². The van der Waals surface area contributed by atoms with Crippen LogP contribution in [-0.2, 0) is 0 Å². The van der Waals surface area contributed by atoms with Crippen LogP contribution < -0.4 is 5.73 Å². The van der Waals surface area contributed by atoms with Gasteiger partial charge in [-0.2, -0.15) is 0 Å². The van der Waals surface area contributed by atoms with E-state index in [1.807, 2.05) is 55.5 Å². The lowest BCUT2D eigenvalue weighted by molar-refractivity contribution is 1.26. The van der Waals surface area contributed by atoms with Gasteiger partial charge < -0.3 is 10.7 Å². The first-order chi connectivity index (χ1) is 13.0. The number of imidazole rings is 1. The van der Waals surface area contributed by atoms with Crippen molar-refractivity contribution in [3.05, 3.63) is 77.1 Å². The zero-order chi connectivity index (χ0) is 19.0. The molecule has 0 aliphatic heterocycles. The molecule has 0 aliphatic carbocycles. The minimum Gasteiger partial charge on any atom is -0.398 e. The second-order valence-corrected chi connectivity index (χ2v) is 6.96. The number of halogens is 1. The van der Waals surface area contributed by atoms with Crippen LogP contribution in [0.25, 0.3) is 33.9 Å². The van der Waals surface area contributed by atoms with Gasteiger partial charge >= 0.3 is 0 Å². The Hall–Kier alpha value is -3.11. The van der Waals surface area contributed by atoms with Crippen LogP contribution >= 0.6 is 11.6 Å². The summed E-state index contributed by atoms with van der Waals surface area (Å²) in [5.74, 6) is 0.800. The molecule has 0 saturated carbocycles. The van der Waals surface area contributed by atoms with E-state index >= 15 is 0 Å². The van der Waals surface area contributed by atoms with Crippen LogP contribution in [0.5, 0.6) is 0 Å². The molecule has 0 radical (unpaired) electrons. The van der Waals surface area contributed by atoms with Crippen LogP contribution in [0.2, 0.25) is 5.02 Å². The monoisotopic (exact) mass is 374 g/mol. The van der Waals surface area contributed by atoms with Crippen molar-refractivity contribution in [1.82, 2.24) is 15.0 Å². The molecule has 0 atom stereocenters. The number of nitrogen functional groups attached to an aromatic ring is 1. The molecular formula is C22H19ClN4. The number of benzene rings is 2. The molecule has 4 aromatic rings. The van der Waals surface area contributed by atoms with E-state index < -0.39 is 0 Å². The van der Waals surface area contributed by atoms with Crippen molar-refractivity contribution in [2.24, 2.45) is 0 Å². The highest BCUT2D eigenvalue weighted by Gasteiger charge is 2.18. The van der Waals surface area contributed by atoms with Crippen molar-refractivity contribution in [2.75, 3.05) is 5.73 Å². The summed E-state index contributed by atoms with van der Waals surface area (Å²) >= 11 is 6.07. The number of nitrogens with two attached hydrogens (primary N) is 1. The molecule has 2 heterocycles. The third kappa shape index (κ3) is 3.20. The maximum Gasteiger partial charge on any atom is 0.139 e. The molecule has 0 saturated heterocycles. The van der Waals surface area contributed by atoms with Gasteiger partial charge in [-0.15, -0.1) is 0 Å². The zero-order valence-corrected chi connectivity index (χ0v) is 15.9. The number of nitrogens with zero attached hydrogens (tertiary/aromatic N) is 2. The fraction of sp³-hybridized carbons (Fsp3) is 0.0909. The number of H-pyrrole nitrogens is 1. The van der Waals surface area contributed by atoms with E-state index in [9.17, 15) is 0 Å². The highest BCUT2D eigenvalue weighted by Crippen LogP contribution is 2.36. The number of nitrogens with one attached hydrogen (secondary N) is 1. The normalized spacial score (nSPS) is 10.9. The van der Waals surface area contributed by atoms with Gasteiger partial charge in [0, 0.05) is 39.8 Å². The number of aryl methyl sites for hydroxylation is 1. The molecule has 0 aliphatic rings. The summed E-state index contributed by atoms with van der Waals surface area (Å²) < 4.78 is 0. The standard InChI is InChI=1S/C22H19ClN4/c1-13-3-8-18(24)14(2)19(13)22-26-20(15-4-6-17(23)7-5-15)21(27-22)16-9-11-25-12-10-16/h3-12H,24H2,1-2H3,(H,26,27). The highest BCUT2D eigenvalue weighted by atomic mass is 35.5. The van der Waals surface area contributed by atoms with Crippen LogP contribution in [0.4, 0.5) is 5.69 Å². The highest BCUT2D eigenvalue weighted by molar-refractivity contribution is 6.30. The van der Waals surface area contributed by atoms with Gasteiger partial charge in [0.25, 0.3) is 0 Å². The van der Waals surface area contributed by atoms with E-state index in [2.05, 4.69) is 16.9 Å². The number of anilines is 1. The van der Waals surface area contributed by atoms with Gasteiger partial charge in [-0.3, -0.25) is 4.98 Å². The molecule has 2 aromatic carbocycles. The van der Waals surface area contributed by atoms with Crippen LogP contribution in [0, 0.1) is 13.8 Å². The van der Waals surface area contributed by atoms with E-state index in [1.165, 1.54) is 0 Å². The Morgan fingerprint density at radius 2 is 1.59 bits per heavy atom. The van der Waals surface area contributed by atoms with E-state index in [1.54, 1.807) is 12.4 Å². The SMILES string of the molecule is Cc1ccc(N)c(C)c1-c1nc(-c2ccc(Cl)cc2)c(-c2ccncc2)[nH]1. The summed E-state index contributed by atoms with van der Waals surface area (Å²) in [6, 6.07) is 15.6. The Labute approximate surface area is 163 Å². The minimum absolute atomic E-state index is 0.697. The molecule has 3 N–H and O–H groups in total. The molecular weight excluding hydrogens is 356 g/mol. The van der Waals surface area contributed by atoms with Crippen LogP contribution in [0.1, 0.15) is 11.1 Å². The van der Waals surface area contributed by atoms with Crippen molar-refractivity contribution < 1.29 is 0 Å². The Bertz CT molecular complexity index is 1100. The molecule has 4 nitrogen and oxygen atoms in total. The summed E-state index contributed by atoms with van der Waals surface area (Å²) in [6.07, 6.45) is 3.55. The summed E-state index contributed by atoms with van der Waals surface area (Å²) in [5, 5.41) is 0.697. The molecule has 27 heavy (non-hydrogen) atoms. The molecule has 4 rings (SSSR count). The smallest absolute Gasteiger partial charge is 0.139 e. The quantitative estimate of drug-likeness (QED) is 0.455. The van der Waals surface area contributed by atoms with Crippen molar-refractivity contribution >= 4 is 17.3 Å². The minimum atomic E-state index is 0.697. The number of rotatable bonds is 3. The number of pyridine rings is 1. The van der Waals surface area contributed by atoms with E-state index in [0.29, 0.717) is 5.02 Å². The van der Waals surface area contributed by atoms with Crippen molar-refractivity contribution in [3.63, 3.8) is 0 Å². The van der Waals surface area contributed by atoms with E-state index in [-0.39, 0.29) is 0 Å². The lowest BCUT2D eigenvalue weighted by Crippen LogP contribution is -1.96. The summed E-state index contributed by atoms with van der Waals surface area (Å²) in [6.45, 7) is 4.09. The first kappa shape index (κ1) is 17.3. The lowest BCUT2D eigenvalue weighted by Gasteiger charge is -2.09. The first-order valence-electron chi connectivity index (χ1n) is 8.67. The molecule has 0 amide bonds. The third-order valence-electron chi connectivity index (χ3n) is 4.74. The Morgan fingerprint density at radius 1 is 0.889 bits per heavy atom. The average molecular weight is 375 g/mol. The second kappa shape index (κ2) is 6.89. The average Bonchev–Trinajstić information content (AvgIpc) is 3.11. The number of aromatic nitrogens is 3. The van der Waals surface area contributed by atoms with Gasteiger partial charge in [0.05, 0.1) is 11.4 Å². The first-order valence-corrected chi connectivity index (χ1v) is 9.05. The fourth-order valence-corrected chi connectivity index (χ4v) is 3.39. The van der Waals surface area contributed by atoms with Gasteiger partial charge in [0.2, 0.25) is 0 Å². The maximum atomic E-state index is 6.15. The predicted molar refractivity (Wildman–Crippen MR) is 112 cm³/mol. The molecule has 0 unspecified atom stereocenters. The van der Waals surface area contributed by atoms with Crippen molar-refractivity contribution in [3.8, 4) is 33.9 Å².